The molecule has 2 N–H and O–H groups in total. The fourth-order valence-corrected chi connectivity index (χ4v) is 3.34. The fraction of sp³-hybridized carbons (Fsp3) is 0.318. The van der Waals surface area contributed by atoms with E-state index in [9.17, 15) is 27.6 Å². The van der Waals surface area contributed by atoms with Crippen molar-refractivity contribution in [1.29, 1.82) is 0 Å². The van der Waals surface area contributed by atoms with Crippen molar-refractivity contribution >= 4 is 23.4 Å². The summed E-state index contributed by atoms with van der Waals surface area (Å²) in [4.78, 5) is 39.2. The number of hydrogen-bond donors (Lipinski definition) is 2. The Balaban J connectivity index is 1.93. The summed E-state index contributed by atoms with van der Waals surface area (Å²) in [6.45, 7) is 0.0937. The molecule has 0 spiro atoms. The van der Waals surface area contributed by atoms with Gasteiger partial charge in [0.1, 0.15) is 6.04 Å². The summed E-state index contributed by atoms with van der Waals surface area (Å²) < 4.78 is 41.0. The van der Waals surface area contributed by atoms with Crippen LogP contribution in [-0.4, -0.2) is 42.9 Å². The van der Waals surface area contributed by atoms with Gasteiger partial charge in [0, 0.05) is 19.5 Å². The number of amides is 3. The minimum atomic E-state index is -3.27. The molecule has 3 amide bonds. The Hall–Kier alpha value is -3.36. The average molecular weight is 433 g/mol. The lowest BCUT2D eigenvalue weighted by Crippen LogP contribution is -2.55. The first-order valence-electron chi connectivity index (χ1n) is 9.55. The van der Waals surface area contributed by atoms with Crippen molar-refractivity contribution in [3.8, 4) is 11.1 Å². The molecule has 1 heterocycles. The van der Waals surface area contributed by atoms with Crippen LogP contribution in [0.25, 0.3) is 11.1 Å². The highest BCUT2D eigenvalue weighted by Crippen LogP contribution is 2.39. The topological polar surface area (TPSA) is 78.5 Å². The minimum absolute atomic E-state index is 0.425. The van der Waals surface area contributed by atoms with Crippen molar-refractivity contribution in [1.82, 2.24) is 10.6 Å². The zero-order valence-corrected chi connectivity index (χ0v) is 17.2. The van der Waals surface area contributed by atoms with Crippen LogP contribution in [0.5, 0.6) is 0 Å². The van der Waals surface area contributed by atoms with Crippen LogP contribution in [0, 0.1) is 0 Å². The molecular formula is C22H22F3N3O3. The third kappa shape index (κ3) is 4.40. The van der Waals surface area contributed by atoms with E-state index in [1.54, 1.807) is 47.8 Å². The maximum Gasteiger partial charge on any atom is 0.268 e. The zero-order valence-electron chi connectivity index (χ0n) is 17.2. The highest BCUT2D eigenvalue weighted by atomic mass is 19.3. The number of hydrogen-bond acceptors (Lipinski definition) is 3. The first-order valence-corrected chi connectivity index (χ1v) is 9.55. The van der Waals surface area contributed by atoms with Crippen LogP contribution in [0.2, 0.25) is 0 Å². The van der Waals surface area contributed by atoms with E-state index in [-0.39, 0.29) is 0 Å². The van der Waals surface area contributed by atoms with Gasteiger partial charge < -0.3 is 15.5 Å². The predicted octanol–water partition coefficient (Wildman–Crippen LogP) is 2.99. The molecular weight excluding hydrogens is 411 g/mol. The van der Waals surface area contributed by atoms with Crippen LogP contribution < -0.4 is 15.5 Å². The number of benzene rings is 2. The van der Waals surface area contributed by atoms with Gasteiger partial charge in [-0.2, -0.15) is 0 Å². The van der Waals surface area contributed by atoms with E-state index in [1.807, 2.05) is 6.07 Å². The molecule has 0 radical (unpaired) electrons. The molecule has 6 nitrogen and oxygen atoms in total. The lowest BCUT2D eigenvalue weighted by Gasteiger charge is -2.26. The molecule has 0 bridgehead atoms. The SMILES string of the molecule is CN1C(=O)[C@@H](NC(=O)[C@](C)(F)C(=O)NCC(C)(F)F)c2ccccc2-c2ccccc21. The third-order valence-electron chi connectivity index (χ3n) is 5.09. The number of fused-ring (bicyclic) bond motifs is 3. The van der Waals surface area contributed by atoms with E-state index in [0.717, 1.165) is 5.56 Å². The molecule has 0 saturated carbocycles. The molecule has 2 atom stereocenters. The maximum atomic E-state index is 15.0. The number of likely N-dealkylation sites (N-methyl/N-ethyl adjacent to an activating group) is 1. The monoisotopic (exact) mass is 433 g/mol. The highest BCUT2D eigenvalue weighted by molar-refractivity contribution is 6.11. The van der Waals surface area contributed by atoms with E-state index in [2.05, 4.69) is 5.32 Å². The summed E-state index contributed by atoms with van der Waals surface area (Å²) in [5, 5.41) is 4.02. The van der Waals surface area contributed by atoms with E-state index in [1.165, 1.54) is 11.9 Å². The Kier molecular flexibility index (Phi) is 5.80. The summed E-state index contributed by atoms with van der Waals surface area (Å²) in [5.41, 5.74) is -0.733. The van der Waals surface area contributed by atoms with Crippen LogP contribution in [0.4, 0.5) is 18.9 Å². The predicted molar refractivity (Wildman–Crippen MR) is 109 cm³/mol. The average Bonchev–Trinajstić information content (AvgIpc) is 2.81. The van der Waals surface area contributed by atoms with Gasteiger partial charge in [0.2, 0.25) is 0 Å². The molecule has 9 heteroatoms. The lowest BCUT2D eigenvalue weighted by atomic mass is 9.95. The minimum Gasteiger partial charge on any atom is -0.347 e. The summed E-state index contributed by atoms with van der Waals surface area (Å²) in [6.07, 6.45) is 0. The van der Waals surface area contributed by atoms with Gasteiger partial charge in [0.25, 0.3) is 29.3 Å². The van der Waals surface area contributed by atoms with Crippen LogP contribution in [0.15, 0.2) is 48.5 Å². The second-order valence-corrected chi connectivity index (χ2v) is 7.66. The Morgan fingerprint density at radius 1 is 0.968 bits per heavy atom. The van der Waals surface area contributed by atoms with E-state index < -0.39 is 41.9 Å². The number of nitrogens with zero attached hydrogens (tertiary/aromatic N) is 1. The second kappa shape index (κ2) is 8.05. The number of carbonyl (C=O) groups is 3. The molecule has 0 fully saturated rings. The summed E-state index contributed by atoms with van der Waals surface area (Å²) in [6, 6.07) is 12.7. The summed E-state index contributed by atoms with van der Waals surface area (Å²) in [7, 11) is 1.52. The summed E-state index contributed by atoms with van der Waals surface area (Å²) >= 11 is 0. The Morgan fingerprint density at radius 3 is 2.19 bits per heavy atom. The molecule has 0 aromatic heterocycles. The van der Waals surface area contributed by atoms with Gasteiger partial charge in [-0.25, -0.2) is 13.2 Å². The first kappa shape index (κ1) is 22.3. The van der Waals surface area contributed by atoms with E-state index in [0.29, 0.717) is 30.7 Å². The molecule has 31 heavy (non-hydrogen) atoms. The number of rotatable bonds is 5. The normalized spacial score (nSPS) is 17.7. The van der Waals surface area contributed by atoms with Gasteiger partial charge in [-0.1, -0.05) is 42.5 Å². The van der Waals surface area contributed by atoms with Gasteiger partial charge in [0.05, 0.1) is 12.2 Å². The van der Waals surface area contributed by atoms with Gasteiger partial charge in [-0.3, -0.25) is 14.4 Å². The third-order valence-corrected chi connectivity index (χ3v) is 5.09. The van der Waals surface area contributed by atoms with E-state index >= 15 is 0 Å². The standard InChI is InChI=1S/C22H22F3N3O3/c1-21(23,24)12-26-19(30)22(2,25)20(31)27-17-15-10-5-4-8-13(15)14-9-6-7-11-16(14)28(3)18(17)29/h4-11,17H,12H2,1-3H3,(H,26,30)(H,27,31)/t17-,22+/m0/s1. The number of para-hydroxylation sites is 1. The lowest BCUT2D eigenvalue weighted by molar-refractivity contribution is -0.146. The van der Waals surface area contributed by atoms with Gasteiger partial charge in [0.15, 0.2) is 0 Å². The van der Waals surface area contributed by atoms with Crippen LogP contribution in [0.3, 0.4) is 0 Å². The number of alkyl halides is 3. The van der Waals surface area contributed by atoms with Gasteiger partial charge in [-0.05, 0) is 24.1 Å². The molecule has 0 saturated heterocycles. The van der Waals surface area contributed by atoms with Gasteiger partial charge in [-0.15, -0.1) is 0 Å². The Morgan fingerprint density at radius 2 is 1.55 bits per heavy atom. The zero-order chi connectivity index (χ0) is 23.0. The number of anilines is 1. The van der Waals surface area contributed by atoms with Crippen molar-refractivity contribution in [3.05, 3.63) is 54.1 Å². The maximum absolute atomic E-state index is 15.0. The Labute approximate surface area is 177 Å². The largest absolute Gasteiger partial charge is 0.347 e. The number of carbonyl (C=O) groups excluding carboxylic acids is 3. The smallest absolute Gasteiger partial charge is 0.268 e. The number of halogens is 3. The summed E-state index contributed by atoms with van der Waals surface area (Å²) in [5.74, 6) is -6.73. The molecule has 1 aliphatic rings. The van der Waals surface area contributed by atoms with Gasteiger partial charge >= 0.3 is 0 Å². The van der Waals surface area contributed by atoms with Crippen molar-refractivity contribution in [2.75, 3.05) is 18.5 Å². The van der Waals surface area contributed by atoms with Crippen molar-refractivity contribution in [3.63, 3.8) is 0 Å². The van der Waals surface area contributed by atoms with Crippen LogP contribution in [0.1, 0.15) is 25.5 Å². The van der Waals surface area contributed by atoms with Crippen molar-refractivity contribution < 1.29 is 27.6 Å². The van der Waals surface area contributed by atoms with Crippen LogP contribution in [-0.2, 0) is 14.4 Å². The van der Waals surface area contributed by atoms with Crippen molar-refractivity contribution in [2.24, 2.45) is 0 Å². The second-order valence-electron chi connectivity index (χ2n) is 7.66. The molecule has 1 aliphatic heterocycles. The first-order chi connectivity index (χ1) is 14.4. The molecule has 0 unspecified atom stereocenters. The number of nitrogens with one attached hydrogen (secondary N) is 2. The van der Waals surface area contributed by atoms with Crippen LogP contribution >= 0.6 is 0 Å². The molecule has 3 rings (SSSR count). The van der Waals surface area contributed by atoms with E-state index in [4.69, 9.17) is 0 Å². The van der Waals surface area contributed by atoms with Crippen molar-refractivity contribution in [2.45, 2.75) is 31.5 Å². The fourth-order valence-electron chi connectivity index (χ4n) is 3.34. The Bertz CT molecular complexity index is 1030. The molecule has 2 aromatic rings. The molecule has 0 aliphatic carbocycles. The molecule has 164 valence electrons. The molecule has 2 aromatic carbocycles. The highest BCUT2D eigenvalue weighted by Gasteiger charge is 2.45. The quantitative estimate of drug-likeness (QED) is 0.712.